The lowest BCUT2D eigenvalue weighted by Gasteiger charge is -2.29. The van der Waals surface area contributed by atoms with Crippen LogP contribution in [0, 0.1) is 5.92 Å². The molecule has 1 unspecified atom stereocenters. The lowest BCUT2D eigenvalue weighted by Crippen LogP contribution is -2.34. The zero-order valence-electron chi connectivity index (χ0n) is 10.6. The number of anilines is 2. The molecule has 100 valence electrons. The van der Waals surface area contributed by atoms with E-state index < -0.39 is 0 Å². The second kappa shape index (κ2) is 5.51. The molecule has 1 aromatic heterocycles. The van der Waals surface area contributed by atoms with E-state index in [1.54, 1.807) is 6.07 Å². The topological polar surface area (TPSA) is 54.2 Å². The normalized spacial score (nSPS) is 19.7. The van der Waals surface area contributed by atoms with Crippen molar-refractivity contribution in [2.45, 2.75) is 32.7 Å². The van der Waals surface area contributed by atoms with E-state index in [-0.39, 0.29) is 0 Å². The van der Waals surface area contributed by atoms with Crippen molar-refractivity contribution >= 4 is 34.8 Å². The van der Waals surface area contributed by atoms with Crippen LogP contribution in [0.4, 0.5) is 11.6 Å². The van der Waals surface area contributed by atoms with E-state index in [1.165, 1.54) is 6.42 Å². The molecule has 6 heteroatoms. The van der Waals surface area contributed by atoms with Crippen LogP contribution in [0.5, 0.6) is 0 Å². The van der Waals surface area contributed by atoms with Gasteiger partial charge in [-0.1, -0.05) is 37.0 Å². The molecule has 4 nitrogen and oxygen atoms in total. The molecule has 2 heterocycles. The summed E-state index contributed by atoms with van der Waals surface area (Å²) in [7, 11) is 0. The van der Waals surface area contributed by atoms with E-state index in [0.717, 1.165) is 18.8 Å². The highest BCUT2D eigenvalue weighted by Crippen LogP contribution is 2.36. The maximum absolute atomic E-state index is 6.25. The predicted octanol–water partition coefficient (Wildman–Crippen LogP) is 3.30. The molecule has 0 spiro atoms. The minimum Gasteiger partial charge on any atom is -0.352 e. The van der Waals surface area contributed by atoms with Crippen LogP contribution in [0.15, 0.2) is 6.07 Å². The number of nitrogens with one attached hydrogen (secondary N) is 1. The zero-order chi connectivity index (χ0) is 13.3. The smallest absolute Gasteiger partial charge is 0.161 e. The third kappa shape index (κ3) is 2.51. The Labute approximate surface area is 117 Å². The molecule has 0 aliphatic carbocycles. The molecule has 0 amide bonds. The fourth-order valence-corrected chi connectivity index (χ4v) is 3.03. The molecular formula is C12H18Cl2N4. The number of hydrazine groups is 1. The van der Waals surface area contributed by atoms with Gasteiger partial charge in [0.2, 0.25) is 0 Å². The van der Waals surface area contributed by atoms with Crippen molar-refractivity contribution in [2.24, 2.45) is 11.8 Å². The highest BCUT2D eigenvalue weighted by molar-refractivity contribution is 6.37. The molecule has 1 fully saturated rings. The van der Waals surface area contributed by atoms with Gasteiger partial charge in [-0.15, -0.1) is 0 Å². The minimum absolute atomic E-state index is 0.437. The summed E-state index contributed by atoms with van der Waals surface area (Å²) in [6, 6.07) is 2.16. The van der Waals surface area contributed by atoms with E-state index >= 15 is 0 Å². The SMILES string of the molecule is CC(C)C1CCCN1c1nc(NN)c(Cl)cc1Cl. The molecule has 1 aromatic rings. The summed E-state index contributed by atoms with van der Waals surface area (Å²) in [5, 5.41) is 1.01. The molecular weight excluding hydrogens is 271 g/mol. The second-order valence-corrected chi connectivity index (χ2v) is 5.73. The van der Waals surface area contributed by atoms with Crippen molar-refractivity contribution in [1.82, 2.24) is 4.98 Å². The molecule has 0 saturated carbocycles. The molecule has 0 radical (unpaired) electrons. The number of nitrogen functional groups attached to an aromatic ring is 1. The van der Waals surface area contributed by atoms with Gasteiger partial charge >= 0.3 is 0 Å². The van der Waals surface area contributed by atoms with Crippen molar-refractivity contribution in [3.8, 4) is 0 Å². The predicted molar refractivity (Wildman–Crippen MR) is 77.3 cm³/mol. The van der Waals surface area contributed by atoms with Gasteiger partial charge in [0, 0.05) is 12.6 Å². The van der Waals surface area contributed by atoms with E-state index in [4.69, 9.17) is 29.0 Å². The van der Waals surface area contributed by atoms with E-state index in [9.17, 15) is 0 Å². The largest absolute Gasteiger partial charge is 0.352 e. The van der Waals surface area contributed by atoms with Gasteiger partial charge in [-0.05, 0) is 24.8 Å². The Hall–Kier alpha value is -0.710. The maximum Gasteiger partial charge on any atom is 0.161 e. The quantitative estimate of drug-likeness (QED) is 0.662. The minimum atomic E-state index is 0.437. The first kappa shape index (κ1) is 13.7. The number of nitrogens with zero attached hydrogens (tertiary/aromatic N) is 2. The molecule has 18 heavy (non-hydrogen) atoms. The summed E-state index contributed by atoms with van der Waals surface area (Å²) in [5.41, 5.74) is 2.50. The maximum atomic E-state index is 6.25. The van der Waals surface area contributed by atoms with Crippen LogP contribution in [0.25, 0.3) is 0 Å². The molecule has 0 aromatic carbocycles. The molecule has 1 aliphatic heterocycles. The van der Waals surface area contributed by atoms with Crippen LogP contribution >= 0.6 is 23.2 Å². The van der Waals surface area contributed by atoms with Crippen LogP contribution in [0.2, 0.25) is 10.0 Å². The number of hydrogen-bond acceptors (Lipinski definition) is 4. The number of rotatable bonds is 3. The fourth-order valence-electron chi connectivity index (χ4n) is 2.51. The summed E-state index contributed by atoms with van der Waals surface area (Å²) in [6.07, 6.45) is 2.33. The van der Waals surface area contributed by atoms with E-state index in [2.05, 4.69) is 29.2 Å². The molecule has 3 N–H and O–H groups in total. The van der Waals surface area contributed by atoms with Gasteiger partial charge in [0.1, 0.15) is 5.82 Å². The first-order valence-corrected chi connectivity index (χ1v) is 6.89. The van der Waals surface area contributed by atoms with Gasteiger partial charge in [-0.25, -0.2) is 10.8 Å². The standard InChI is InChI=1S/C12H18Cl2N4/c1-7(2)10-4-3-5-18(10)12-9(14)6-8(13)11(16-12)17-15/h6-7,10H,3-5,15H2,1-2H3,(H,16,17). The first-order valence-electron chi connectivity index (χ1n) is 6.14. The monoisotopic (exact) mass is 288 g/mol. The summed E-state index contributed by atoms with van der Waals surface area (Å²) in [6.45, 7) is 5.41. The second-order valence-electron chi connectivity index (χ2n) is 4.92. The van der Waals surface area contributed by atoms with Crippen molar-refractivity contribution in [3.05, 3.63) is 16.1 Å². The Bertz CT molecular complexity index is 436. The molecule has 1 saturated heterocycles. The Morgan fingerprint density at radius 2 is 2.17 bits per heavy atom. The Balaban J connectivity index is 2.38. The van der Waals surface area contributed by atoms with E-state index in [1.807, 2.05) is 0 Å². The number of nitrogens with two attached hydrogens (primary N) is 1. The van der Waals surface area contributed by atoms with Crippen molar-refractivity contribution < 1.29 is 0 Å². The van der Waals surface area contributed by atoms with Gasteiger partial charge in [0.25, 0.3) is 0 Å². The van der Waals surface area contributed by atoms with Gasteiger partial charge in [-0.2, -0.15) is 0 Å². The first-order chi connectivity index (χ1) is 8.54. The fraction of sp³-hybridized carbons (Fsp3) is 0.583. The Morgan fingerprint density at radius 1 is 1.44 bits per heavy atom. The number of pyridine rings is 1. The molecule has 2 rings (SSSR count). The molecule has 1 aliphatic rings. The average molecular weight is 289 g/mol. The van der Waals surface area contributed by atoms with Crippen LogP contribution in [-0.2, 0) is 0 Å². The van der Waals surface area contributed by atoms with Crippen molar-refractivity contribution in [1.29, 1.82) is 0 Å². The highest BCUT2D eigenvalue weighted by atomic mass is 35.5. The summed E-state index contributed by atoms with van der Waals surface area (Å²) < 4.78 is 0. The van der Waals surface area contributed by atoms with Crippen LogP contribution in [0.3, 0.4) is 0 Å². The van der Waals surface area contributed by atoms with Crippen molar-refractivity contribution in [2.75, 3.05) is 16.9 Å². The van der Waals surface area contributed by atoms with Crippen LogP contribution in [0.1, 0.15) is 26.7 Å². The molecule has 0 bridgehead atoms. The lowest BCUT2D eigenvalue weighted by atomic mass is 10.0. The average Bonchev–Trinajstić information content (AvgIpc) is 2.78. The van der Waals surface area contributed by atoms with E-state index in [0.29, 0.717) is 27.8 Å². The summed E-state index contributed by atoms with van der Waals surface area (Å²) >= 11 is 12.3. The summed E-state index contributed by atoms with van der Waals surface area (Å²) in [4.78, 5) is 6.69. The van der Waals surface area contributed by atoms with Gasteiger partial charge in [-0.3, -0.25) is 0 Å². The lowest BCUT2D eigenvalue weighted by molar-refractivity contribution is 0.490. The van der Waals surface area contributed by atoms with Gasteiger partial charge < -0.3 is 10.3 Å². The number of aromatic nitrogens is 1. The zero-order valence-corrected chi connectivity index (χ0v) is 12.1. The van der Waals surface area contributed by atoms with Crippen LogP contribution < -0.4 is 16.2 Å². The highest BCUT2D eigenvalue weighted by Gasteiger charge is 2.29. The Kier molecular flexibility index (Phi) is 4.20. The van der Waals surface area contributed by atoms with Crippen LogP contribution in [-0.4, -0.2) is 17.6 Å². The third-order valence-corrected chi connectivity index (χ3v) is 3.95. The van der Waals surface area contributed by atoms with Crippen molar-refractivity contribution in [3.63, 3.8) is 0 Å². The number of hydrogen-bond donors (Lipinski definition) is 2. The van der Waals surface area contributed by atoms with Gasteiger partial charge in [0.05, 0.1) is 10.0 Å². The Morgan fingerprint density at radius 3 is 2.78 bits per heavy atom. The number of halogens is 2. The summed E-state index contributed by atoms with van der Waals surface area (Å²) in [5.74, 6) is 7.20. The van der Waals surface area contributed by atoms with Gasteiger partial charge in [0.15, 0.2) is 5.82 Å². The molecule has 1 atom stereocenters. The third-order valence-electron chi connectivity index (χ3n) is 3.39.